The number of benzene rings is 1. The average molecular weight is 230 g/mol. The molecule has 1 aromatic heterocycles. The minimum absolute atomic E-state index is 0.187. The quantitative estimate of drug-likeness (QED) is 0.762. The van der Waals surface area contributed by atoms with Crippen molar-refractivity contribution in [1.29, 1.82) is 0 Å². The Labute approximate surface area is 102 Å². The number of aromatic nitrogens is 2. The van der Waals surface area contributed by atoms with E-state index in [1.165, 1.54) is 5.56 Å². The van der Waals surface area contributed by atoms with Gasteiger partial charge in [-0.3, -0.25) is 4.68 Å². The van der Waals surface area contributed by atoms with Gasteiger partial charge in [0, 0.05) is 12.4 Å². The number of nitrogens with zero attached hydrogens (tertiary/aromatic N) is 2. The molecule has 0 aliphatic heterocycles. The van der Waals surface area contributed by atoms with Crippen LogP contribution in [0.3, 0.4) is 0 Å². The maximum atomic E-state index is 5.89. The van der Waals surface area contributed by atoms with Gasteiger partial charge in [-0.15, -0.1) is 0 Å². The summed E-state index contributed by atoms with van der Waals surface area (Å²) >= 11 is 0. The molecule has 0 spiro atoms. The molecule has 1 heterocycles. The molecule has 0 bridgehead atoms. The second-order valence-electron chi connectivity index (χ2n) is 3.95. The predicted octanol–water partition coefficient (Wildman–Crippen LogP) is 3.05. The lowest BCUT2D eigenvalue weighted by Gasteiger charge is -2.16. The minimum atomic E-state index is 0.187. The molecule has 0 saturated carbocycles. The Balaban J connectivity index is 1.84. The highest BCUT2D eigenvalue weighted by Gasteiger charge is 2.08. The molecule has 3 nitrogen and oxygen atoms in total. The highest BCUT2D eigenvalue weighted by molar-refractivity contribution is 5.17. The van der Waals surface area contributed by atoms with Crippen molar-refractivity contribution in [2.24, 2.45) is 0 Å². The molecule has 0 fully saturated rings. The van der Waals surface area contributed by atoms with Crippen molar-refractivity contribution >= 4 is 0 Å². The van der Waals surface area contributed by atoms with Crippen molar-refractivity contribution in [1.82, 2.24) is 9.78 Å². The third kappa shape index (κ3) is 3.43. The lowest BCUT2D eigenvalue weighted by Crippen LogP contribution is -2.10. The van der Waals surface area contributed by atoms with Crippen LogP contribution in [0.4, 0.5) is 0 Å². The van der Waals surface area contributed by atoms with Crippen LogP contribution in [0.5, 0.6) is 0 Å². The Kier molecular flexibility index (Phi) is 4.33. The summed E-state index contributed by atoms with van der Waals surface area (Å²) in [4.78, 5) is 0. The fraction of sp³-hybridized carbons (Fsp3) is 0.357. The first-order valence-electron chi connectivity index (χ1n) is 6.04. The zero-order chi connectivity index (χ0) is 11.9. The second kappa shape index (κ2) is 6.21. The van der Waals surface area contributed by atoms with Crippen LogP contribution < -0.4 is 0 Å². The van der Waals surface area contributed by atoms with Crippen LogP contribution >= 0.6 is 0 Å². The summed E-state index contributed by atoms with van der Waals surface area (Å²) in [6, 6.07) is 12.3. The SMILES string of the molecule is CCC(OCCn1cccn1)c1ccccc1. The van der Waals surface area contributed by atoms with Crippen molar-refractivity contribution in [3.8, 4) is 0 Å². The minimum Gasteiger partial charge on any atom is -0.372 e. The zero-order valence-corrected chi connectivity index (χ0v) is 10.1. The van der Waals surface area contributed by atoms with Crippen LogP contribution in [-0.4, -0.2) is 16.4 Å². The average Bonchev–Trinajstić information content (AvgIpc) is 2.89. The summed E-state index contributed by atoms with van der Waals surface area (Å²) in [6.45, 7) is 3.64. The number of hydrogen-bond donors (Lipinski definition) is 0. The van der Waals surface area contributed by atoms with E-state index in [4.69, 9.17) is 4.74 Å². The first-order chi connectivity index (χ1) is 8.40. The maximum absolute atomic E-state index is 5.89. The summed E-state index contributed by atoms with van der Waals surface area (Å²) in [5, 5.41) is 4.15. The second-order valence-corrected chi connectivity index (χ2v) is 3.95. The Hall–Kier alpha value is -1.61. The molecule has 0 aliphatic carbocycles. The molecule has 0 radical (unpaired) electrons. The monoisotopic (exact) mass is 230 g/mol. The standard InChI is InChI=1S/C14H18N2O/c1-2-14(13-7-4-3-5-8-13)17-12-11-16-10-6-9-15-16/h3-10,14H,2,11-12H2,1H3. The van der Waals surface area contributed by atoms with Crippen LogP contribution in [0.2, 0.25) is 0 Å². The highest BCUT2D eigenvalue weighted by atomic mass is 16.5. The molecule has 0 N–H and O–H groups in total. The van der Waals surface area contributed by atoms with Gasteiger partial charge >= 0.3 is 0 Å². The summed E-state index contributed by atoms with van der Waals surface area (Å²) in [7, 11) is 0. The maximum Gasteiger partial charge on any atom is 0.0823 e. The van der Waals surface area contributed by atoms with Gasteiger partial charge in [0.2, 0.25) is 0 Å². The summed E-state index contributed by atoms with van der Waals surface area (Å²) in [5.41, 5.74) is 1.25. The van der Waals surface area contributed by atoms with Crippen LogP contribution in [0.25, 0.3) is 0 Å². The third-order valence-corrected chi connectivity index (χ3v) is 2.74. The Bertz CT molecular complexity index is 411. The van der Waals surface area contributed by atoms with Gasteiger partial charge in [0.1, 0.15) is 0 Å². The van der Waals surface area contributed by atoms with Gasteiger partial charge in [0.05, 0.1) is 19.3 Å². The van der Waals surface area contributed by atoms with E-state index >= 15 is 0 Å². The van der Waals surface area contributed by atoms with Gasteiger partial charge in [-0.05, 0) is 18.1 Å². The predicted molar refractivity (Wildman–Crippen MR) is 67.7 cm³/mol. The molecule has 0 saturated heterocycles. The largest absolute Gasteiger partial charge is 0.372 e. The van der Waals surface area contributed by atoms with Crippen LogP contribution in [0, 0.1) is 0 Å². The van der Waals surface area contributed by atoms with Crippen LogP contribution in [0.1, 0.15) is 25.0 Å². The molecule has 1 aromatic carbocycles. The fourth-order valence-corrected chi connectivity index (χ4v) is 1.84. The summed E-state index contributed by atoms with van der Waals surface area (Å²) in [5.74, 6) is 0. The van der Waals surface area contributed by atoms with E-state index in [2.05, 4.69) is 36.3 Å². The van der Waals surface area contributed by atoms with E-state index < -0.39 is 0 Å². The molecule has 0 amide bonds. The molecular formula is C14H18N2O. The van der Waals surface area contributed by atoms with Gasteiger partial charge in [-0.1, -0.05) is 37.3 Å². The Morgan fingerprint density at radius 2 is 2.06 bits per heavy atom. The van der Waals surface area contributed by atoms with E-state index in [-0.39, 0.29) is 6.10 Å². The number of ether oxygens (including phenoxy) is 1. The molecule has 90 valence electrons. The van der Waals surface area contributed by atoms with Crippen molar-refractivity contribution in [2.45, 2.75) is 26.0 Å². The summed E-state index contributed by atoms with van der Waals surface area (Å²) < 4.78 is 7.78. The topological polar surface area (TPSA) is 27.1 Å². The van der Waals surface area contributed by atoms with Crippen LogP contribution in [0.15, 0.2) is 48.8 Å². The normalized spacial score (nSPS) is 12.5. The van der Waals surface area contributed by atoms with Crippen molar-refractivity contribution < 1.29 is 4.74 Å². The van der Waals surface area contributed by atoms with E-state index in [9.17, 15) is 0 Å². The van der Waals surface area contributed by atoms with Gasteiger partial charge in [-0.25, -0.2) is 0 Å². The van der Waals surface area contributed by atoms with Crippen LogP contribution in [-0.2, 0) is 11.3 Å². The van der Waals surface area contributed by atoms with Crippen molar-refractivity contribution in [3.05, 3.63) is 54.4 Å². The smallest absolute Gasteiger partial charge is 0.0823 e. The van der Waals surface area contributed by atoms with Gasteiger partial charge in [0.15, 0.2) is 0 Å². The van der Waals surface area contributed by atoms with E-state index in [0.29, 0.717) is 6.61 Å². The van der Waals surface area contributed by atoms with Crippen molar-refractivity contribution in [2.75, 3.05) is 6.61 Å². The van der Waals surface area contributed by atoms with E-state index in [1.54, 1.807) is 6.20 Å². The number of rotatable bonds is 6. The Morgan fingerprint density at radius 1 is 1.24 bits per heavy atom. The first kappa shape index (κ1) is 11.9. The zero-order valence-electron chi connectivity index (χ0n) is 10.1. The molecule has 2 rings (SSSR count). The molecule has 0 aliphatic rings. The van der Waals surface area contributed by atoms with Crippen molar-refractivity contribution in [3.63, 3.8) is 0 Å². The molecule has 1 atom stereocenters. The molecular weight excluding hydrogens is 212 g/mol. The molecule has 1 unspecified atom stereocenters. The highest BCUT2D eigenvalue weighted by Crippen LogP contribution is 2.20. The fourth-order valence-electron chi connectivity index (χ4n) is 1.84. The lowest BCUT2D eigenvalue weighted by molar-refractivity contribution is 0.0432. The molecule has 3 heteroatoms. The molecule has 2 aromatic rings. The Morgan fingerprint density at radius 3 is 2.71 bits per heavy atom. The summed E-state index contributed by atoms with van der Waals surface area (Å²) in [6.07, 6.45) is 4.91. The number of hydrogen-bond acceptors (Lipinski definition) is 2. The van der Waals surface area contributed by atoms with Gasteiger partial charge in [-0.2, -0.15) is 5.10 Å². The lowest BCUT2D eigenvalue weighted by atomic mass is 10.1. The van der Waals surface area contributed by atoms with E-state index in [0.717, 1.165) is 13.0 Å². The third-order valence-electron chi connectivity index (χ3n) is 2.74. The van der Waals surface area contributed by atoms with Gasteiger partial charge < -0.3 is 4.74 Å². The van der Waals surface area contributed by atoms with Gasteiger partial charge in [0.25, 0.3) is 0 Å². The first-order valence-corrected chi connectivity index (χ1v) is 6.04. The molecule has 17 heavy (non-hydrogen) atoms. The van der Waals surface area contributed by atoms with E-state index in [1.807, 2.05) is 23.0 Å².